The molecule has 6 aromatic heterocycles. The van der Waals surface area contributed by atoms with Gasteiger partial charge in [0.1, 0.15) is 30.5 Å². The van der Waals surface area contributed by atoms with Gasteiger partial charge in [0.05, 0.1) is 189 Å². The number of nitrogens with zero attached hydrogens (tertiary/aromatic N) is 14. The van der Waals surface area contributed by atoms with Gasteiger partial charge in [-0.3, -0.25) is 30.9 Å². The Morgan fingerprint density at radius 1 is 0.440 bits per heavy atom. The Morgan fingerprint density at radius 2 is 0.845 bits per heavy atom. The highest BCUT2D eigenvalue weighted by Gasteiger charge is 2.28. The molecule has 0 bridgehead atoms. The van der Waals surface area contributed by atoms with Crippen LogP contribution in [0.1, 0.15) is 51.7 Å². The number of ether oxygens (including phenoxy) is 5. The van der Waals surface area contributed by atoms with Crippen LogP contribution in [0.5, 0.6) is 17.2 Å². The number of para-hydroxylation sites is 1. The summed E-state index contributed by atoms with van der Waals surface area (Å²) >= 11 is 5.66. The van der Waals surface area contributed by atoms with Gasteiger partial charge < -0.3 is 88.7 Å². The van der Waals surface area contributed by atoms with Gasteiger partial charge in [-0.25, -0.2) is 39.5 Å². The lowest BCUT2D eigenvalue weighted by molar-refractivity contribution is -0.385. The molecule has 0 fully saturated rings. The fourth-order valence-electron chi connectivity index (χ4n) is 13.5. The first-order valence-electron chi connectivity index (χ1n) is 37.2. The number of H-pyrrole nitrogens is 6. The monoisotopic (exact) mass is 1630 g/mol. The van der Waals surface area contributed by atoms with Crippen LogP contribution >= 0.6 is 35.3 Å². The average Bonchev–Trinajstić information content (AvgIpc) is 0.861. The van der Waals surface area contributed by atoms with Gasteiger partial charge in [0.25, 0.3) is 11.4 Å². The lowest BCUT2D eigenvalue weighted by Gasteiger charge is -2.32. The summed E-state index contributed by atoms with van der Waals surface area (Å²) in [5.41, 5.74) is 22.5. The van der Waals surface area contributed by atoms with E-state index in [4.69, 9.17) is 19.9 Å². The number of nitrogens with one attached hydrogen (secondary N) is 8. The Hall–Kier alpha value is -13.0. The van der Waals surface area contributed by atoms with Crippen molar-refractivity contribution in [1.29, 1.82) is 0 Å². The lowest BCUT2D eigenvalue weighted by atomic mass is 10.1. The maximum atomic E-state index is 11.4. The number of rotatable bonds is 16. The molecule has 18 rings (SSSR count). The first kappa shape index (κ1) is 81.0. The first-order valence-corrected chi connectivity index (χ1v) is 40.2. The zero-order valence-corrected chi connectivity index (χ0v) is 66.7. The van der Waals surface area contributed by atoms with Crippen LogP contribution in [0.4, 0.5) is 72.2 Å². The number of nitro benzene ring substituents is 2. The molecule has 10 N–H and O–H groups in total. The molecule has 37 heteroatoms. The number of fused-ring (bicyclic) bond motifs is 6. The van der Waals surface area contributed by atoms with Crippen molar-refractivity contribution >= 4 is 110 Å². The topological polar surface area (TPSA) is 408 Å². The minimum Gasteiger partial charge on any atom is -0.491 e. The zero-order valence-electron chi connectivity index (χ0n) is 64.2. The van der Waals surface area contributed by atoms with Crippen LogP contribution in [-0.2, 0) is 48.7 Å². The fraction of sp³-hybridized carbons (Fsp3) is 0.291. The number of non-ortho nitro benzene ring substituents is 2. The smallest absolute Gasteiger partial charge is 0.411 e. The highest BCUT2D eigenvalue weighted by atomic mass is 32.2. The van der Waals surface area contributed by atoms with Crippen molar-refractivity contribution in [3.05, 3.63) is 244 Å². The van der Waals surface area contributed by atoms with Gasteiger partial charge in [-0.15, -0.1) is 35.3 Å². The second kappa shape index (κ2) is 39.6. The molecule has 604 valence electrons. The molecule has 0 radical (unpaired) electrons. The second-order valence-electron chi connectivity index (χ2n) is 27.0. The number of nitrogen functional groups attached to an aromatic ring is 1. The summed E-state index contributed by atoms with van der Waals surface area (Å²) < 4.78 is 26.3. The van der Waals surface area contributed by atoms with E-state index in [1.807, 2.05) is 104 Å². The fourth-order valence-corrected chi connectivity index (χ4v) is 16.6. The number of hydrogen-bond donors (Lipinski definition) is 9. The summed E-state index contributed by atoms with van der Waals surface area (Å²) in [5, 5.41) is 27.3. The predicted octanol–water partition coefficient (Wildman–Crippen LogP) is 13.8. The van der Waals surface area contributed by atoms with Crippen molar-refractivity contribution in [2.75, 3.05) is 136 Å². The molecule has 116 heavy (non-hydrogen) atoms. The molecule has 0 saturated carbocycles. The average molecular weight is 1630 g/mol. The zero-order chi connectivity index (χ0) is 80.7. The Morgan fingerprint density at radius 3 is 1.32 bits per heavy atom. The van der Waals surface area contributed by atoms with E-state index < -0.39 is 12.2 Å². The molecule has 0 unspecified atom stereocenters. The number of carbonyl (C=O) groups excluding carboxylic acids is 2. The number of methoxy groups -OCH3 is 2. The van der Waals surface area contributed by atoms with E-state index in [9.17, 15) is 29.8 Å². The minimum absolute atomic E-state index is 0.0730. The Balaban J connectivity index is 0.000000121. The number of aryl methyl sites for hydroxylation is 2. The van der Waals surface area contributed by atoms with Crippen LogP contribution in [-0.4, -0.2) is 172 Å². The molecule has 34 nitrogen and oxygen atoms in total. The molecule has 6 aliphatic rings. The Labute approximate surface area is 680 Å². The largest absolute Gasteiger partial charge is 0.491 e. The standard InChI is InChI=1S/C15H18N4O3.C14H16N4O2S.2C13H14N4O3.C12H14N4S.C12H13N3S/c1-10-5-11(18-15(20)21-2)6-13-14(10)22-4-3-19(13)8-12-7-16-9-17-12;1-20-14(19)17-10-2-3-13-12(6-10)18(4-5-21-13)8-11-7-15-9-16-11;1-9-4-11(17(18)19)5-12-13(9)20-3-2-16(12)7-10-6-14-8-15-10;18-17(19)11-2-3-13-12(6-11)16(4-1-5-20-13)8-10-7-14-9-15-10;13-9-1-2-12-11(5-9)16(3-4-17-12)7-10-6-14-8-15-10;1-2-4-12-11(3-1)15(5-6-16-12)8-10-7-13-9-14-10/h5-7,9H,3-4,8H2,1-2H3,(H,16,17)(H,18,20);2-3,6-7,9H,4-5,8H2,1H3,(H,15,16)(H,17,19);4-6,8H,2-3,7H2,1H3,(H,14,15);2-3,6-7,9H,1,4-5,8H2,(H,14,15);1-2,5-6,8H,3-4,7,13H2,(H,14,15);1-4,7,9H,5-6,8H2,(H,13,14). The van der Waals surface area contributed by atoms with Gasteiger partial charge >= 0.3 is 12.2 Å². The van der Waals surface area contributed by atoms with Crippen LogP contribution < -0.4 is 60.0 Å². The van der Waals surface area contributed by atoms with E-state index in [0.29, 0.717) is 57.4 Å². The van der Waals surface area contributed by atoms with E-state index in [1.165, 1.54) is 52.0 Å². The van der Waals surface area contributed by atoms with Gasteiger partial charge in [-0.05, 0) is 98.1 Å². The minimum atomic E-state index is -0.490. The summed E-state index contributed by atoms with van der Waals surface area (Å²) in [6, 6.07) is 32.2. The van der Waals surface area contributed by atoms with Crippen LogP contribution in [0.2, 0.25) is 0 Å². The van der Waals surface area contributed by atoms with Crippen molar-refractivity contribution in [2.24, 2.45) is 0 Å². The number of imidazole rings is 6. The molecule has 0 spiro atoms. The lowest BCUT2D eigenvalue weighted by Crippen LogP contribution is -2.32. The third-order valence-electron chi connectivity index (χ3n) is 19.0. The second-order valence-corrected chi connectivity index (χ2v) is 30.4. The van der Waals surface area contributed by atoms with Crippen LogP contribution in [0.25, 0.3) is 0 Å². The Bertz CT molecular complexity index is 5180. The molecule has 12 aromatic rings. The number of anilines is 9. The van der Waals surface area contributed by atoms with E-state index in [-0.39, 0.29) is 21.2 Å². The quantitative estimate of drug-likeness (QED) is 0.0246. The molecule has 12 heterocycles. The summed E-state index contributed by atoms with van der Waals surface area (Å²) in [6.07, 6.45) is 20.9. The van der Waals surface area contributed by atoms with Crippen LogP contribution in [0.3, 0.4) is 0 Å². The highest BCUT2D eigenvalue weighted by molar-refractivity contribution is 8.00. The maximum absolute atomic E-state index is 11.4. The van der Waals surface area contributed by atoms with Gasteiger partial charge in [-0.1, -0.05) is 12.1 Å². The number of aromatic nitrogens is 12. The summed E-state index contributed by atoms with van der Waals surface area (Å²) in [6.45, 7) is 15.4. The number of aromatic amines is 6. The normalized spacial score (nSPS) is 14.0. The molecule has 0 atom stereocenters. The molecule has 0 aliphatic carbocycles. The molecule has 6 aromatic carbocycles. The molecule has 2 amide bonds. The summed E-state index contributed by atoms with van der Waals surface area (Å²) in [7, 11) is 2.70. The number of carbonyl (C=O) groups is 2. The summed E-state index contributed by atoms with van der Waals surface area (Å²) in [4.78, 5) is 104. The number of benzene rings is 6. The van der Waals surface area contributed by atoms with Crippen LogP contribution in [0.15, 0.2) is 193 Å². The van der Waals surface area contributed by atoms with Gasteiger partial charge in [0.2, 0.25) is 0 Å². The number of nitrogens with two attached hydrogens (primary N) is 1. The van der Waals surface area contributed by atoms with Gasteiger partial charge in [0, 0.05) is 137 Å². The number of nitro groups is 2. The van der Waals surface area contributed by atoms with E-state index in [0.717, 1.165) is 161 Å². The predicted molar refractivity (Wildman–Crippen MR) is 449 cm³/mol. The molecule has 6 aliphatic heterocycles. The van der Waals surface area contributed by atoms with Gasteiger partial charge in [-0.2, -0.15) is 0 Å². The van der Waals surface area contributed by atoms with Crippen molar-refractivity contribution in [2.45, 2.75) is 74.2 Å². The maximum Gasteiger partial charge on any atom is 0.411 e. The van der Waals surface area contributed by atoms with Crippen molar-refractivity contribution in [3.63, 3.8) is 0 Å². The number of amides is 2. The van der Waals surface area contributed by atoms with Crippen molar-refractivity contribution < 1.29 is 43.1 Å². The molecular formula is C79H89N23O11S3. The van der Waals surface area contributed by atoms with Crippen molar-refractivity contribution in [1.82, 2.24) is 59.8 Å². The molecular weight excluding hydrogens is 1540 g/mol. The number of hydrogen-bond acceptors (Lipinski definition) is 27. The first-order chi connectivity index (χ1) is 56.6. The number of thioether (sulfide) groups is 3. The van der Waals surface area contributed by atoms with E-state index in [2.05, 4.69) is 146 Å². The third-order valence-corrected chi connectivity index (χ3v) is 22.1. The summed E-state index contributed by atoms with van der Waals surface area (Å²) in [5.74, 6) is 5.58. The Kier molecular flexibility index (Phi) is 27.7. The molecule has 0 saturated heterocycles. The third kappa shape index (κ3) is 21.6. The van der Waals surface area contributed by atoms with Crippen molar-refractivity contribution in [3.8, 4) is 17.2 Å². The van der Waals surface area contributed by atoms with Gasteiger partial charge in [0.15, 0.2) is 0 Å². The van der Waals surface area contributed by atoms with E-state index in [1.54, 1.807) is 80.8 Å². The SMILES string of the molecule is COC(=O)Nc1cc(C)c2c(c1)N(Cc1cnc[nH]1)CCO2.COC(=O)Nc1ccc2c(c1)N(Cc1cnc[nH]1)CCS2.Cc1cc([N+](=O)[O-])cc2c1OCCN2Cc1cnc[nH]1.Nc1ccc2c(c1)N(Cc1cnc[nH]1)CCS2.O=[N+]([O-])c1ccc2c(c1)N(Cc1cnc[nH]1)CCCO2.c1ccc2c(c1)SCCN2Cc1cnc[nH]1. The van der Waals surface area contributed by atoms with E-state index >= 15 is 0 Å². The highest BCUT2D eigenvalue weighted by Crippen LogP contribution is 2.43. The van der Waals surface area contributed by atoms with Crippen LogP contribution in [0, 0.1) is 34.1 Å².